The molecular formula is C16H22N2O. The SMILES string of the molecule is CC(C)c1ccc(CC(C#N)N2CCOCC2)cc1. The van der Waals surface area contributed by atoms with Crippen LogP contribution < -0.4 is 0 Å². The first-order chi connectivity index (χ1) is 9.20. The molecule has 1 aliphatic heterocycles. The van der Waals surface area contributed by atoms with Crippen LogP contribution in [0.2, 0.25) is 0 Å². The lowest BCUT2D eigenvalue weighted by atomic mass is 9.99. The van der Waals surface area contributed by atoms with Gasteiger partial charge in [-0.15, -0.1) is 0 Å². The number of hydrogen-bond acceptors (Lipinski definition) is 3. The van der Waals surface area contributed by atoms with Crippen molar-refractivity contribution in [3.63, 3.8) is 0 Å². The van der Waals surface area contributed by atoms with Crippen LogP contribution in [0.4, 0.5) is 0 Å². The van der Waals surface area contributed by atoms with Gasteiger partial charge in [0.15, 0.2) is 0 Å². The molecule has 1 heterocycles. The molecule has 0 aliphatic carbocycles. The van der Waals surface area contributed by atoms with Gasteiger partial charge >= 0.3 is 0 Å². The molecule has 3 heteroatoms. The standard InChI is InChI=1S/C16H22N2O/c1-13(2)15-5-3-14(4-6-15)11-16(12-17)18-7-9-19-10-8-18/h3-6,13,16H,7-11H2,1-2H3. The van der Waals surface area contributed by atoms with Crippen molar-refractivity contribution >= 4 is 0 Å². The highest BCUT2D eigenvalue weighted by atomic mass is 16.5. The van der Waals surface area contributed by atoms with Crippen LogP contribution in [0.15, 0.2) is 24.3 Å². The number of nitrogens with zero attached hydrogens (tertiary/aromatic N) is 2. The average molecular weight is 258 g/mol. The minimum atomic E-state index is -0.0335. The van der Waals surface area contributed by atoms with Crippen LogP contribution in [-0.2, 0) is 11.2 Å². The molecule has 1 aliphatic rings. The maximum Gasteiger partial charge on any atom is 0.102 e. The van der Waals surface area contributed by atoms with E-state index in [4.69, 9.17) is 4.74 Å². The lowest BCUT2D eigenvalue weighted by Crippen LogP contribution is -2.43. The molecule has 0 aromatic heterocycles. The Morgan fingerprint density at radius 2 is 1.84 bits per heavy atom. The molecule has 1 atom stereocenters. The molecule has 0 amide bonds. The van der Waals surface area contributed by atoms with Crippen LogP contribution >= 0.6 is 0 Å². The number of nitriles is 1. The zero-order valence-corrected chi connectivity index (χ0v) is 11.8. The van der Waals surface area contributed by atoms with Crippen molar-refractivity contribution < 1.29 is 4.74 Å². The summed E-state index contributed by atoms with van der Waals surface area (Å²) in [7, 11) is 0. The molecule has 0 bridgehead atoms. The van der Waals surface area contributed by atoms with Gasteiger partial charge in [0.2, 0.25) is 0 Å². The van der Waals surface area contributed by atoms with E-state index in [1.165, 1.54) is 11.1 Å². The van der Waals surface area contributed by atoms with Gasteiger partial charge in [-0.1, -0.05) is 38.1 Å². The van der Waals surface area contributed by atoms with Crippen LogP contribution in [0.25, 0.3) is 0 Å². The lowest BCUT2D eigenvalue weighted by Gasteiger charge is -2.30. The zero-order valence-electron chi connectivity index (χ0n) is 11.8. The smallest absolute Gasteiger partial charge is 0.102 e. The third kappa shape index (κ3) is 3.79. The fourth-order valence-electron chi connectivity index (χ4n) is 2.41. The van der Waals surface area contributed by atoms with Gasteiger partial charge in [-0.25, -0.2) is 0 Å². The first kappa shape index (κ1) is 14.0. The van der Waals surface area contributed by atoms with E-state index in [0.29, 0.717) is 5.92 Å². The summed E-state index contributed by atoms with van der Waals surface area (Å²) >= 11 is 0. The Balaban J connectivity index is 1.99. The van der Waals surface area contributed by atoms with Gasteiger partial charge in [0.05, 0.1) is 19.3 Å². The van der Waals surface area contributed by atoms with Gasteiger partial charge in [-0.2, -0.15) is 5.26 Å². The second kappa shape index (κ2) is 6.70. The summed E-state index contributed by atoms with van der Waals surface area (Å²) in [6.07, 6.45) is 0.800. The normalized spacial score (nSPS) is 18.2. The van der Waals surface area contributed by atoms with Crippen molar-refractivity contribution in [1.82, 2.24) is 4.90 Å². The largest absolute Gasteiger partial charge is 0.379 e. The highest BCUT2D eigenvalue weighted by Gasteiger charge is 2.20. The van der Waals surface area contributed by atoms with Crippen LogP contribution in [0.3, 0.4) is 0 Å². The molecule has 0 N–H and O–H groups in total. The summed E-state index contributed by atoms with van der Waals surface area (Å²) in [5.41, 5.74) is 2.59. The molecule has 2 rings (SSSR count). The molecule has 1 aromatic carbocycles. The molecule has 1 aromatic rings. The predicted molar refractivity (Wildman–Crippen MR) is 76.0 cm³/mol. The maximum absolute atomic E-state index is 9.35. The van der Waals surface area contributed by atoms with E-state index in [0.717, 1.165) is 32.7 Å². The average Bonchev–Trinajstić information content (AvgIpc) is 2.46. The van der Waals surface area contributed by atoms with Gasteiger partial charge < -0.3 is 4.74 Å². The minimum Gasteiger partial charge on any atom is -0.379 e. The molecule has 102 valence electrons. The molecule has 1 fully saturated rings. The van der Waals surface area contributed by atoms with Gasteiger partial charge in [0.1, 0.15) is 6.04 Å². The quantitative estimate of drug-likeness (QED) is 0.833. The highest BCUT2D eigenvalue weighted by molar-refractivity contribution is 5.26. The van der Waals surface area contributed by atoms with Crippen LogP contribution in [0.5, 0.6) is 0 Å². The van der Waals surface area contributed by atoms with Crippen LogP contribution in [-0.4, -0.2) is 37.2 Å². The number of rotatable bonds is 4. The molecule has 0 spiro atoms. The molecule has 0 radical (unpaired) electrons. The van der Waals surface area contributed by atoms with E-state index in [1.807, 2.05) is 0 Å². The van der Waals surface area contributed by atoms with Crippen molar-refractivity contribution in [3.8, 4) is 6.07 Å². The summed E-state index contributed by atoms with van der Waals surface area (Å²) in [5.74, 6) is 0.556. The summed E-state index contributed by atoms with van der Waals surface area (Å²) < 4.78 is 5.34. The third-order valence-electron chi connectivity index (χ3n) is 3.71. The first-order valence-electron chi connectivity index (χ1n) is 7.01. The molecule has 3 nitrogen and oxygen atoms in total. The summed E-state index contributed by atoms with van der Waals surface area (Å²) in [6, 6.07) is 11.0. The lowest BCUT2D eigenvalue weighted by molar-refractivity contribution is 0.0270. The number of hydrogen-bond donors (Lipinski definition) is 0. The van der Waals surface area contributed by atoms with E-state index in [9.17, 15) is 5.26 Å². The van der Waals surface area contributed by atoms with Crippen molar-refractivity contribution in [1.29, 1.82) is 5.26 Å². The van der Waals surface area contributed by atoms with Crippen LogP contribution in [0, 0.1) is 11.3 Å². The maximum atomic E-state index is 9.35. The summed E-state index contributed by atoms with van der Waals surface area (Å²) in [5, 5.41) is 9.35. The fraction of sp³-hybridized carbons (Fsp3) is 0.562. The third-order valence-corrected chi connectivity index (χ3v) is 3.71. The van der Waals surface area contributed by atoms with E-state index < -0.39 is 0 Å². The van der Waals surface area contributed by atoms with Crippen molar-refractivity contribution in [2.24, 2.45) is 0 Å². The molecular weight excluding hydrogens is 236 g/mol. The second-order valence-corrected chi connectivity index (χ2v) is 5.39. The zero-order chi connectivity index (χ0) is 13.7. The summed E-state index contributed by atoms with van der Waals surface area (Å²) in [4.78, 5) is 2.22. The van der Waals surface area contributed by atoms with Crippen molar-refractivity contribution in [3.05, 3.63) is 35.4 Å². The van der Waals surface area contributed by atoms with Crippen molar-refractivity contribution in [2.45, 2.75) is 32.2 Å². The van der Waals surface area contributed by atoms with Gasteiger partial charge in [0, 0.05) is 19.5 Å². The monoisotopic (exact) mass is 258 g/mol. The predicted octanol–water partition coefficient (Wildman–Crippen LogP) is 2.58. The topological polar surface area (TPSA) is 36.3 Å². The number of ether oxygens (including phenoxy) is 1. The number of morpholine rings is 1. The molecule has 0 saturated carbocycles. The molecule has 1 saturated heterocycles. The first-order valence-corrected chi connectivity index (χ1v) is 7.01. The van der Waals surface area contributed by atoms with Crippen molar-refractivity contribution in [2.75, 3.05) is 26.3 Å². The second-order valence-electron chi connectivity index (χ2n) is 5.39. The van der Waals surface area contributed by atoms with E-state index in [-0.39, 0.29) is 6.04 Å². The molecule has 1 unspecified atom stereocenters. The Bertz CT molecular complexity index is 427. The van der Waals surface area contributed by atoms with Gasteiger partial charge in [0.25, 0.3) is 0 Å². The Morgan fingerprint density at radius 1 is 1.21 bits per heavy atom. The Kier molecular flexibility index (Phi) is 4.95. The number of benzene rings is 1. The Morgan fingerprint density at radius 3 is 2.37 bits per heavy atom. The van der Waals surface area contributed by atoms with E-state index >= 15 is 0 Å². The van der Waals surface area contributed by atoms with Gasteiger partial charge in [-0.05, 0) is 17.0 Å². The van der Waals surface area contributed by atoms with Crippen LogP contribution in [0.1, 0.15) is 30.9 Å². The Labute approximate surface area is 115 Å². The fourth-order valence-corrected chi connectivity index (χ4v) is 2.41. The molecule has 19 heavy (non-hydrogen) atoms. The Hall–Kier alpha value is -1.37. The van der Waals surface area contributed by atoms with E-state index in [2.05, 4.69) is 49.1 Å². The minimum absolute atomic E-state index is 0.0335. The van der Waals surface area contributed by atoms with E-state index in [1.54, 1.807) is 0 Å². The summed E-state index contributed by atoms with van der Waals surface area (Å²) in [6.45, 7) is 7.60. The highest BCUT2D eigenvalue weighted by Crippen LogP contribution is 2.17. The van der Waals surface area contributed by atoms with Gasteiger partial charge in [-0.3, -0.25) is 4.90 Å².